The summed E-state index contributed by atoms with van der Waals surface area (Å²) in [7, 11) is 0. The average Bonchev–Trinajstić information content (AvgIpc) is 3.12. The van der Waals surface area contributed by atoms with E-state index in [0.717, 1.165) is 43.8 Å². The predicted molar refractivity (Wildman–Crippen MR) is 73.3 cm³/mol. The number of hydrogen-bond donors (Lipinski definition) is 3. The van der Waals surface area contributed by atoms with Gasteiger partial charge in [0.1, 0.15) is 5.75 Å². The summed E-state index contributed by atoms with van der Waals surface area (Å²) in [5, 5.41) is 6.20. The van der Waals surface area contributed by atoms with E-state index < -0.39 is 0 Å². The van der Waals surface area contributed by atoms with Crippen LogP contribution in [0.2, 0.25) is 0 Å². The number of hydrogen-bond acceptors (Lipinski definition) is 4. The molecular weight excluding hydrogens is 242 g/mol. The van der Waals surface area contributed by atoms with Crippen LogP contribution in [0, 0.1) is 0 Å². The van der Waals surface area contributed by atoms with Gasteiger partial charge in [-0.1, -0.05) is 6.07 Å². The van der Waals surface area contributed by atoms with Crippen molar-refractivity contribution in [2.75, 3.05) is 25.0 Å². The van der Waals surface area contributed by atoms with Gasteiger partial charge in [-0.2, -0.15) is 0 Å². The molecule has 5 heteroatoms. The highest BCUT2D eigenvalue weighted by atomic mass is 16.5. The summed E-state index contributed by atoms with van der Waals surface area (Å²) >= 11 is 0. The first kappa shape index (κ1) is 12.4. The van der Waals surface area contributed by atoms with Crippen LogP contribution in [0.1, 0.15) is 18.4 Å². The van der Waals surface area contributed by atoms with Crippen molar-refractivity contribution in [1.29, 1.82) is 0 Å². The minimum Gasteiger partial charge on any atom is -0.482 e. The Kier molecular flexibility index (Phi) is 3.16. The molecule has 2 aliphatic rings. The van der Waals surface area contributed by atoms with E-state index in [2.05, 4.69) is 10.6 Å². The molecule has 1 aliphatic heterocycles. The highest BCUT2D eigenvalue weighted by Crippen LogP contribution is 2.31. The number of nitrogens with one attached hydrogen (secondary N) is 2. The summed E-state index contributed by atoms with van der Waals surface area (Å²) in [4.78, 5) is 11.3. The SMILES string of the molecule is NC1(CNCCc2ccc3c(c2)NC(=O)CO3)CC1. The molecule has 3 rings (SSSR count). The number of carbonyl (C=O) groups is 1. The van der Waals surface area contributed by atoms with Crippen LogP contribution in [0.4, 0.5) is 5.69 Å². The van der Waals surface area contributed by atoms with Gasteiger partial charge in [0.25, 0.3) is 5.91 Å². The first-order valence-corrected chi connectivity index (χ1v) is 6.70. The number of amides is 1. The molecule has 0 bridgehead atoms. The van der Waals surface area contributed by atoms with Crippen LogP contribution >= 0.6 is 0 Å². The largest absolute Gasteiger partial charge is 0.482 e. The maximum absolute atomic E-state index is 11.3. The van der Waals surface area contributed by atoms with E-state index in [1.165, 1.54) is 5.56 Å². The van der Waals surface area contributed by atoms with Crippen LogP contribution in [0.15, 0.2) is 18.2 Å². The molecule has 0 spiro atoms. The number of fused-ring (bicyclic) bond motifs is 1. The Morgan fingerprint density at radius 1 is 1.42 bits per heavy atom. The van der Waals surface area contributed by atoms with Crippen LogP contribution in [-0.4, -0.2) is 31.1 Å². The molecule has 19 heavy (non-hydrogen) atoms. The second kappa shape index (κ2) is 4.83. The maximum Gasteiger partial charge on any atom is 0.262 e. The number of rotatable bonds is 5. The molecule has 1 fully saturated rings. The second-order valence-corrected chi connectivity index (χ2v) is 5.46. The van der Waals surface area contributed by atoms with E-state index >= 15 is 0 Å². The third kappa shape index (κ3) is 3.05. The molecule has 1 aromatic carbocycles. The van der Waals surface area contributed by atoms with Gasteiger partial charge in [-0.05, 0) is 43.5 Å². The highest BCUT2D eigenvalue weighted by molar-refractivity contribution is 5.95. The van der Waals surface area contributed by atoms with Crippen molar-refractivity contribution in [2.45, 2.75) is 24.8 Å². The number of benzene rings is 1. The third-order valence-corrected chi connectivity index (χ3v) is 3.64. The Balaban J connectivity index is 1.53. The maximum atomic E-state index is 11.3. The van der Waals surface area contributed by atoms with E-state index in [4.69, 9.17) is 10.5 Å². The zero-order valence-corrected chi connectivity index (χ0v) is 10.9. The first-order valence-electron chi connectivity index (χ1n) is 6.70. The lowest BCUT2D eigenvalue weighted by Gasteiger charge is -2.18. The highest BCUT2D eigenvalue weighted by Gasteiger charge is 2.37. The summed E-state index contributed by atoms with van der Waals surface area (Å²) in [5.41, 5.74) is 8.01. The number of carbonyl (C=O) groups excluding carboxylic acids is 1. The monoisotopic (exact) mass is 261 g/mol. The van der Waals surface area contributed by atoms with Gasteiger partial charge in [0.2, 0.25) is 0 Å². The summed E-state index contributed by atoms with van der Waals surface area (Å²) in [5.74, 6) is 0.650. The molecule has 1 amide bonds. The van der Waals surface area contributed by atoms with Gasteiger partial charge in [-0.25, -0.2) is 0 Å². The number of anilines is 1. The Hall–Kier alpha value is -1.59. The molecule has 0 radical (unpaired) electrons. The summed E-state index contributed by atoms with van der Waals surface area (Å²) in [6.45, 7) is 1.89. The Morgan fingerprint density at radius 3 is 3.05 bits per heavy atom. The molecule has 0 saturated heterocycles. The molecule has 102 valence electrons. The van der Waals surface area contributed by atoms with Crippen LogP contribution in [0.3, 0.4) is 0 Å². The topological polar surface area (TPSA) is 76.4 Å². The minimum atomic E-state index is -0.0958. The Morgan fingerprint density at radius 2 is 2.26 bits per heavy atom. The van der Waals surface area contributed by atoms with E-state index in [9.17, 15) is 4.79 Å². The lowest BCUT2D eigenvalue weighted by atomic mass is 10.1. The second-order valence-electron chi connectivity index (χ2n) is 5.46. The lowest BCUT2D eigenvalue weighted by Crippen LogP contribution is -2.36. The van der Waals surface area contributed by atoms with Gasteiger partial charge in [-0.3, -0.25) is 4.79 Å². The van der Waals surface area contributed by atoms with Crippen molar-refractivity contribution in [2.24, 2.45) is 5.73 Å². The van der Waals surface area contributed by atoms with Gasteiger partial charge >= 0.3 is 0 Å². The molecular formula is C14H19N3O2. The molecule has 4 N–H and O–H groups in total. The van der Waals surface area contributed by atoms with Crippen molar-refractivity contribution >= 4 is 11.6 Å². The van der Waals surface area contributed by atoms with E-state index in [1.807, 2.05) is 18.2 Å². The van der Waals surface area contributed by atoms with Crippen molar-refractivity contribution in [3.8, 4) is 5.75 Å². The van der Waals surface area contributed by atoms with Crippen LogP contribution in [0.25, 0.3) is 0 Å². The normalized spacial score (nSPS) is 19.3. The minimum absolute atomic E-state index is 0.0532. The fraction of sp³-hybridized carbons (Fsp3) is 0.500. The van der Waals surface area contributed by atoms with Gasteiger partial charge < -0.3 is 21.1 Å². The van der Waals surface area contributed by atoms with Crippen LogP contribution < -0.4 is 21.1 Å². The molecule has 1 saturated carbocycles. The predicted octanol–water partition coefficient (Wildman–Crippen LogP) is 0.641. The molecule has 0 atom stereocenters. The molecule has 5 nitrogen and oxygen atoms in total. The number of nitrogens with two attached hydrogens (primary N) is 1. The van der Waals surface area contributed by atoms with Gasteiger partial charge in [0.15, 0.2) is 6.61 Å². The fourth-order valence-corrected chi connectivity index (χ4v) is 2.19. The Bertz CT molecular complexity index is 497. The zero-order valence-electron chi connectivity index (χ0n) is 10.9. The van der Waals surface area contributed by atoms with Gasteiger partial charge in [0, 0.05) is 12.1 Å². The molecule has 1 aromatic rings. The fourth-order valence-electron chi connectivity index (χ4n) is 2.19. The van der Waals surface area contributed by atoms with Crippen LogP contribution in [0.5, 0.6) is 5.75 Å². The smallest absolute Gasteiger partial charge is 0.262 e. The van der Waals surface area contributed by atoms with Crippen molar-refractivity contribution in [3.63, 3.8) is 0 Å². The average molecular weight is 261 g/mol. The molecule has 1 heterocycles. The van der Waals surface area contributed by atoms with Crippen LogP contribution in [-0.2, 0) is 11.2 Å². The van der Waals surface area contributed by atoms with Crippen molar-refractivity contribution < 1.29 is 9.53 Å². The summed E-state index contributed by atoms with van der Waals surface area (Å²) in [6.07, 6.45) is 3.17. The number of ether oxygens (including phenoxy) is 1. The van der Waals surface area contributed by atoms with Crippen molar-refractivity contribution in [3.05, 3.63) is 23.8 Å². The van der Waals surface area contributed by atoms with E-state index in [0.29, 0.717) is 0 Å². The lowest BCUT2D eigenvalue weighted by molar-refractivity contribution is -0.118. The zero-order chi connectivity index (χ0) is 13.3. The first-order chi connectivity index (χ1) is 9.15. The summed E-state index contributed by atoms with van der Waals surface area (Å²) < 4.78 is 5.33. The molecule has 0 unspecified atom stereocenters. The van der Waals surface area contributed by atoms with Crippen molar-refractivity contribution in [1.82, 2.24) is 5.32 Å². The molecule has 1 aliphatic carbocycles. The van der Waals surface area contributed by atoms with E-state index in [-0.39, 0.29) is 18.1 Å². The van der Waals surface area contributed by atoms with E-state index in [1.54, 1.807) is 0 Å². The quantitative estimate of drug-likeness (QED) is 0.680. The summed E-state index contributed by atoms with van der Waals surface area (Å²) in [6, 6.07) is 5.92. The van der Waals surface area contributed by atoms with Gasteiger partial charge in [-0.15, -0.1) is 0 Å². The molecule has 0 aromatic heterocycles. The third-order valence-electron chi connectivity index (χ3n) is 3.64. The Labute approximate surface area is 112 Å². The standard InChI is InChI=1S/C14H19N3O2/c15-14(4-5-14)9-16-6-3-10-1-2-12-11(7-10)17-13(18)8-19-12/h1-2,7,16H,3-6,8-9,15H2,(H,17,18). The van der Waals surface area contributed by atoms with Gasteiger partial charge in [0.05, 0.1) is 5.69 Å².